The summed E-state index contributed by atoms with van der Waals surface area (Å²) in [4.78, 5) is 3.09. The summed E-state index contributed by atoms with van der Waals surface area (Å²) in [7, 11) is -3.85. The second kappa shape index (κ2) is 6.32. The standard InChI is InChI=1S/C10H17NO3S2/c1-2-3-5-15-10-7-9(8-11-10)4-6-16(12,13)14/h7-8,11H,2-6H2,1H3,(H,12,13,14). The molecule has 0 amide bonds. The summed E-state index contributed by atoms with van der Waals surface area (Å²) in [6, 6.07) is 1.94. The third-order valence-corrected chi connectivity index (χ3v) is 3.88. The number of aromatic nitrogens is 1. The Morgan fingerprint density at radius 3 is 2.88 bits per heavy atom. The van der Waals surface area contributed by atoms with Crippen LogP contribution in [0.1, 0.15) is 25.3 Å². The molecular weight excluding hydrogens is 246 g/mol. The molecule has 6 heteroatoms. The number of aromatic amines is 1. The first-order valence-corrected chi connectivity index (χ1v) is 7.86. The topological polar surface area (TPSA) is 70.2 Å². The zero-order chi connectivity index (χ0) is 12.0. The fourth-order valence-corrected chi connectivity index (χ4v) is 2.74. The van der Waals surface area contributed by atoms with Gasteiger partial charge < -0.3 is 4.98 Å². The first kappa shape index (κ1) is 13.6. The van der Waals surface area contributed by atoms with Crippen LogP contribution >= 0.6 is 11.8 Å². The Balaban J connectivity index is 2.39. The minimum Gasteiger partial charge on any atom is -0.356 e. The fraction of sp³-hybridized carbons (Fsp3) is 0.600. The molecule has 1 aromatic heterocycles. The number of hydrogen-bond donors (Lipinski definition) is 2. The Kier molecular flexibility index (Phi) is 5.37. The van der Waals surface area contributed by atoms with Gasteiger partial charge in [-0.1, -0.05) is 13.3 Å². The number of hydrogen-bond acceptors (Lipinski definition) is 3. The van der Waals surface area contributed by atoms with Crippen LogP contribution in [-0.4, -0.2) is 29.5 Å². The zero-order valence-electron chi connectivity index (χ0n) is 9.27. The minimum absolute atomic E-state index is 0.218. The highest BCUT2D eigenvalue weighted by Crippen LogP contribution is 2.19. The molecule has 0 aliphatic carbocycles. The molecule has 4 nitrogen and oxygen atoms in total. The summed E-state index contributed by atoms with van der Waals surface area (Å²) in [6.07, 6.45) is 4.48. The monoisotopic (exact) mass is 263 g/mol. The molecule has 1 heterocycles. The van der Waals surface area contributed by atoms with Gasteiger partial charge >= 0.3 is 0 Å². The lowest BCUT2D eigenvalue weighted by Gasteiger charge is -1.95. The minimum atomic E-state index is -3.85. The summed E-state index contributed by atoms with van der Waals surface area (Å²) in [5, 5.41) is 1.05. The van der Waals surface area contributed by atoms with Crippen molar-refractivity contribution in [3.05, 3.63) is 17.8 Å². The Morgan fingerprint density at radius 2 is 2.25 bits per heavy atom. The summed E-state index contributed by atoms with van der Waals surface area (Å²) in [5.41, 5.74) is 0.914. The predicted molar refractivity (Wildman–Crippen MR) is 66.5 cm³/mol. The summed E-state index contributed by atoms with van der Waals surface area (Å²) in [6.45, 7) is 2.15. The van der Waals surface area contributed by atoms with Gasteiger partial charge in [0, 0.05) is 6.20 Å². The summed E-state index contributed by atoms with van der Waals surface area (Å²) < 4.78 is 29.7. The number of thioether (sulfide) groups is 1. The smallest absolute Gasteiger partial charge is 0.265 e. The highest BCUT2D eigenvalue weighted by molar-refractivity contribution is 7.99. The van der Waals surface area contributed by atoms with E-state index in [2.05, 4.69) is 11.9 Å². The highest BCUT2D eigenvalue weighted by atomic mass is 32.2. The van der Waals surface area contributed by atoms with Crippen molar-refractivity contribution in [2.75, 3.05) is 11.5 Å². The molecule has 1 rings (SSSR count). The average Bonchev–Trinajstić information content (AvgIpc) is 2.62. The van der Waals surface area contributed by atoms with E-state index in [9.17, 15) is 8.42 Å². The van der Waals surface area contributed by atoms with E-state index in [1.165, 1.54) is 12.8 Å². The zero-order valence-corrected chi connectivity index (χ0v) is 10.9. The van der Waals surface area contributed by atoms with Crippen molar-refractivity contribution in [2.24, 2.45) is 0 Å². The Labute approximate surface area is 101 Å². The molecule has 1 aromatic rings. The lowest BCUT2D eigenvalue weighted by atomic mass is 10.3. The molecule has 0 saturated carbocycles. The number of H-pyrrole nitrogens is 1. The molecule has 0 fully saturated rings. The predicted octanol–water partition coefficient (Wildman–Crippen LogP) is 2.34. The number of rotatable bonds is 7. The van der Waals surface area contributed by atoms with Gasteiger partial charge in [-0.3, -0.25) is 4.55 Å². The number of unbranched alkanes of at least 4 members (excludes halogenated alkanes) is 1. The Hall–Kier alpha value is -0.460. The maximum Gasteiger partial charge on any atom is 0.265 e. The molecular formula is C10H17NO3S2. The highest BCUT2D eigenvalue weighted by Gasteiger charge is 2.06. The number of nitrogens with one attached hydrogen (secondary N) is 1. The van der Waals surface area contributed by atoms with Crippen molar-refractivity contribution >= 4 is 21.9 Å². The van der Waals surface area contributed by atoms with E-state index in [4.69, 9.17) is 4.55 Å². The molecule has 16 heavy (non-hydrogen) atoms. The van der Waals surface area contributed by atoms with Crippen LogP contribution < -0.4 is 0 Å². The van der Waals surface area contributed by atoms with Gasteiger partial charge in [0.25, 0.3) is 10.1 Å². The van der Waals surface area contributed by atoms with Gasteiger partial charge in [0.2, 0.25) is 0 Å². The van der Waals surface area contributed by atoms with Gasteiger partial charge in [-0.15, -0.1) is 11.8 Å². The number of aryl methyl sites for hydroxylation is 1. The van der Waals surface area contributed by atoms with Gasteiger partial charge in [0.05, 0.1) is 10.8 Å². The van der Waals surface area contributed by atoms with Gasteiger partial charge in [-0.25, -0.2) is 0 Å². The van der Waals surface area contributed by atoms with Crippen molar-refractivity contribution in [2.45, 2.75) is 31.2 Å². The molecule has 0 aliphatic rings. The van der Waals surface area contributed by atoms with Crippen molar-refractivity contribution in [1.29, 1.82) is 0 Å². The van der Waals surface area contributed by atoms with E-state index in [1.54, 1.807) is 18.0 Å². The van der Waals surface area contributed by atoms with E-state index in [0.717, 1.165) is 16.3 Å². The van der Waals surface area contributed by atoms with E-state index in [1.807, 2.05) is 6.07 Å². The first-order valence-electron chi connectivity index (χ1n) is 5.26. The van der Waals surface area contributed by atoms with Gasteiger partial charge in [-0.2, -0.15) is 8.42 Å². The summed E-state index contributed by atoms with van der Waals surface area (Å²) in [5.74, 6) is 0.846. The molecule has 0 atom stereocenters. The Morgan fingerprint density at radius 1 is 1.50 bits per heavy atom. The van der Waals surface area contributed by atoms with Crippen LogP contribution in [-0.2, 0) is 16.5 Å². The molecule has 0 unspecified atom stereocenters. The maximum atomic E-state index is 10.6. The van der Waals surface area contributed by atoms with Crippen LogP contribution in [0.4, 0.5) is 0 Å². The quantitative estimate of drug-likeness (QED) is 0.450. The van der Waals surface area contributed by atoms with E-state index < -0.39 is 10.1 Å². The van der Waals surface area contributed by atoms with Crippen molar-refractivity contribution in [3.8, 4) is 0 Å². The Bertz CT molecular complexity index is 411. The largest absolute Gasteiger partial charge is 0.356 e. The van der Waals surface area contributed by atoms with Crippen molar-refractivity contribution in [1.82, 2.24) is 4.98 Å². The van der Waals surface area contributed by atoms with E-state index in [0.29, 0.717) is 6.42 Å². The van der Waals surface area contributed by atoms with Gasteiger partial charge in [-0.05, 0) is 30.2 Å². The van der Waals surface area contributed by atoms with E-state index >= 15 is 0 Å². The average molecular weight is 263 g/mol. The molecule has 0 aliphatic heterocycles. The third-order valence-electron chi connectivity index (χ3n) is 2.12. The van der Waals surface area contributed by atoms with Crippen LogP contribution in [0.15, 0.2) is 17.3 Å². The second-order valence-corrected chi connectivity index (χ2v) is 6.32. The van der Waals surface area contributed by atoms with Crippen LogP contribution in [0.5, 0.6) is 0 Å². The van der Waals surface area contributed by atoms with E-state index in [-0.39, 0.29) is 5.75 Å². The van der Waals surface area contributed by atoms with Crippen molar-refractivity contribution in [3.63, 3.8) is 0 Å². The van der Waals surface area contributed by atoms with Gasteiger partial charge in [0.1, 0.15) is 0 Å². The first-order chi connectivity index (χ1) is 7.51. The molecule has 0 saturated heterocycles. The second-order valence-electron chi connectivity index (χ2n) is 3.61. The van der Waals surface area contributed by atoms with Crippen molar-refractivity contribution < 1.29 is 13.0 Å². The molecule has 2 N–H and O–H groups in total. The molecule has 0 radical (unpaired) electrons. The van der Waals surface area contributed by atoms with Crippen LogP contribution in [0.2, 0.25) is 0 Å². The molecule has 0 aromatic carbocycles. The maximum absolute atomic E-state index is 10.6. The normalized spacial score (nSPS) is 11.9. The summed E-state index contributed by atoms with van der Waals surface area (Å²) >= 11 is 1.73. The third kappa shape index (κ3) is 5.58. The molecule has 0 spiro atoms. The lowest BCUT2D eigenvalue weighted by Crippen LogP contribution is -2.05. The van der Waals surface area contributed by atoms with Crippen LogP contribution in [0, 0.1) is 0 Å². The van der Waals surface area contributed by atoms with Crippen LogP contribution in [0.3, 0.4) is 0 Å². The van der Waals surface area contributed by atoms with Crippen LogP contribution in [0.25, 0.3) is 0 Å². The molecule has 0 bridgehead atoms. The molecule has 92 valence electrons. The van der Waals surface area contributed by atoms with Gasteiger partial charge in [0.15, 0.2) is 0 Å². The lowest BCUT2D eigenvalue weighted by molar-refractivity contribution is 0.482. The SMILES string of the molecule is CCCCSc1cc(CCS(=O)(=O)O)c[nH]1. The fourth-order valence-electron chi connectivity index (χ4n) is 1.22.